The van der Waals surface area contributed by atoms with Crippen molar-refractivity contribution in [3.05, 3.63) is 23.2 Å². The van der Waals surface area contributed by atoms with Crippen molar-refractivity contribution in [1.29, 1.82) is 0 Å². The Morgan fingerprint density at radius 1 is 1.44 bits per heavy atom. The van der Waals surface area contributed by atoms with Crippen molar-refractivity contribution in [3.63, 3.8) is 0 Å². The van der Waals surface area contributed by atoms with E-state index in [1.54, 1.807) is 6.20 Å². The van der Waals surface area contributed by atoms with Gasteiger partial charge in [-0.2, -0.15) is 0 Å². The van der Waals surface area contributed by atoms with Crippen LogP contribution in [0.1, 0.15) is 31.4 Å². The molecule has 0 spiro atoms. The van der Waals surface area contributed by atoms with Crippen LogP contribution in [-0.4, -0.2) is 22.1 Å². The predicted molar refractivity (Wildman–Crippen MR) is 64.1 cm³/mol. The molecule has 0 bridgehead atoms. The Morgan fingerprint density at radius 2 is 2.25 bits per heavy atom. The zero-order valence-corrected chi connectivity index (χ0v) is 9.95. The third-order valence-electron chi connectivity index (χ3n) is 3.05. The fourth-order valence-electron chi connectivity index (χ4n) is 2.12. The number of hydrogen-bond donors (Lipinski definition) is 2. The molecule has 3 N–H and O–H groups in total. The number of nitrogens with zero attached hydrogens (tertiary/aromatic N) is 2. The van der Waals surface area contributed by atoms with E-state index in [1.165, 1.54) is 12.8 Å². The molecule has 0 unspecified atom stereocenters. The van der Waals surface area contributed by atoms with E-state index >= 15 is 0 Å². The van der Waals surface area contributed by atoms with Crippen molar-refractivity contribution in [3.8, 4) is 0 Å². The number of nitrogens with two attached hydrogens (primary N) is 1. The highest BCUT2D eigenvalue weighted by Gasteiger charge is 2.20. The van der Waals surface area contributed by atoms with Crippen LogP contribution in [0, 0.1) is 0 Å². The summed E-state index contributed by atoms with van der Waals surface area (Å²) in [5, 5.41) is 3.74. The van der Waals surface area contributed by atoms with Crippen molar-refractivity contribution in [1.82, 2.24) is 15.3 Å². The van der Waals surface area contributed by atoms with Gasteiger partial charge in [-0.05, 0) is 30.5 Å². The largest absolute Gasteiger partial charge is 0.326 e. The molecule has 5 heteroatoms. The third kappa shape index (κ3) is 3.14. The molecule has 1 heterocycles. The minimum atomic E-state index is 0.269. The Labute approximate surface area is 101 Å². The maximum Gasteiger partial charge on any atom is 0.222 e. The van der Waals surface area contributed by atoms with E-state index in [9.17, 15) is 0 Å². The van der Waals surface area contributed by atoms with Gasteiger partial charge >= 0.3 is 0 Å². The van der Waals surface area contributed by atoms with E-state index in [1.807, 2.05) is 6.07 Å². The molecule has 0 amide bonds. The lowest BCUT2D eigenvalue weighted by molar-refractivity contribution is 0.325. The van der Waals surface area contributed by atoms with Crippen molar-refractivity contribution >= 4 is 11.6 Å². The molecular weight excluding hydrogens is 224 g/mol. The average molecular weight is 241 g/mol. The van der Waals surface area contributed by atoms with Crippen LogP contribution in [0.3, 0.4) is 0 Å². The van der Waals surface area contributed by atoms with Gasteiger partial charge in [-0.1, -0.05) is 12.8 Å². The Balaban J connectivity index is 1.86. The highest BCUT2D eigenvalue weighted by atomic mass is 35.5. The number of nitrogens with one attached hydrogen (secondary N) is 1. The zero-order chi connectivity index (χ0) is 11.4. The van der Waals surface area contributed by atoms with Crippen molar-refractivity contribution in [2.24, 2.45) is 5.73 Å². The molecule has 1 saturated carbocycles. The molecule has 1 aromatic rings. The second-order valence-corrected chi connectivity index (χ2v) is 4.59. The van der Waals surface area contributed by atoms with Gasteiger partial charge in [0.25, 0.3) is 0 Å². The lowest BCUT2D eigenvalue weighted by Crippen LogP contribution is -2.46. The normalized spacial score (nSPS) is 25.6. The number of halogens is 1. The molecule has 2 rings (SSSR count). The SMILES string of the molecule is N[C@H]1CCCC[C@@H]1NCc1ccnc(Cl)n1. The molecule has 0 aliphatic heterocycles. The first kappa shape index (κ1) is 11.8. The lowest BCUT2D eigenvalue weighted by atomic mass is 9.91. The van der Waals surface area contributed by atoms with Crippen molar-refractivity contribution in [2.45, 2.75) is 44.3 Å². The Hall–Kier alpha value is -0.710. The quantitative estimate of drug-likeness (QED) is 0.786. The van der Waals surface area contributed by atoms with Crippen LogP contribution < -0.4 is 11.1 Å². The fraction of sp³-hybridized carbons (Fsp3) is 0.636. The van der Waals surface area contributed by atoms with E-state index < -0.39 is 0 Å². The highest BCUT2D eigenvalue weighted by Crippen LogP contribution is 2.17. The second-order valence-electron chi connectivity index (χ2n) is 4.25. The van der Waals surface area contributed by atoms with Crippen LogP contribution in [0.15, 0.2) is 12.3 Å². The average Bonchev–Trinajstić information content (AvgIpc) is 2.28. The van der Waals surface area contributed by atoms with Crippen LogP contribution in [-0.2, 0) is 6.54 Å². The first-order chi connectivity index (χ1) is 7.75. The first-order valence-electron chi connectivity index (χ1n) is 5.72. The first-order valence-corrected chi connectivity index (χ1v) is 6.10. The van der Waals surface area contributed by atoms with Gasteiger partial charge < -0.3 is 11.1 Å². The van der Waals surface area contributed by atoms with Gasteiger partial charge in [-0.15, -0.1) is 0 Å². The second kappa shape index (κ2) is 5.57. The van der Waals surface area contributed by atoms with E-state index in [0.717, 1.165) is 18.5 Å². The Bertz CT molecular complexity index is 345. The van der Waals surface area contributed by atoms with Crippen LogP contribution in [0.4, 0.5) is 0 Å². The van der Waals surface area contributed by atoms with Gasteiger partial charge in [0.05, 0.1) is 5.69 Å². The van der Waals surface area contributed by atoms with Crippen LogP contribution >= 0.6 is 11.6 Å². The molecule has 0 saturated heterocycles. The van der Waals surface area contributed by atoms with Gasteiger partial charge in [0, 0.05) is 24.8 Å². The van der Waals surface area contributed by atoms with Crippen LogP contribution in [0.25, 0.3) is 0 Å². The maximum absolute atomic E-state index is 6.05. The standard InChI is InChI=1S/C11H17ClN4/c12-11-14-6-5-8(16-11)7-15-10-4-2-1-3-9(10)13/h5-6,9-10,15H,1-4,7,13H2/t9-,10-/m0/s1. The summed E-state index contributed by atoms with van der Waals surface area (Å²) in [4.78, 5) is 7.99. The summed E-state index contributed by atoms with van der Waals surface area (Å²) in [5.41, 5.74) is 6.97. The molecule has 4 nitrogen and oxygen atoms in total. The van der Waals surface area contributed by atoms with E-state index in [-0.39, 0.29) is 6.04 Å². The van der Waals surface area contributed by atoms with Crippen molar-refractivity contribution in [2.75, 3.05) is 0 Å². The predicted octanol–water partition coefficient (Wildman–Crippen LogP) is 1.49. The van der Waals surface area contributed by atoms with Gasteiger partial charge in [-0.3, -0.25) is 0 Å². The van der Waals surface area contributed by atoms with Crippen molar-refractivity contribution < 1.29 is 0 Å². The molecule has 1 aliphatic rings. The smallest absolute Gasteiger partial charge is 0.222 e. The summed E-state index contributed by atoms with van der Waals surface area (Å²) in [7, 11) is 0. The molecule has 0 aromatic carbocycles. The molecule has 1 fully saturated rings. The summed E-state index contributed by atoms with van der Waals surface area (Å²) < 4.78 is 0. The monoisotopic (exact) mass is 240 g/mol. The van der Waals surface area contributed by atoms with Crippen LogP contribution in [0.5, 0.6) is 0 Å². The minimum absolute atomic E-state index is 0.269. The molecule has 2 atom stereocenters. The zero-order valence-electron chi connectivity index (χ0n) is 9.19. The summed E-state index contributed by atoms with van der Waals surface area (Å²) in [6, 6.07) is 2.54. The van der Waals surface area contributed by atoms with Gasteiger partial charge in [0.15, 0.2) is 0 Å². The molecule has 88 valence electrons. The molecule has 1 aromatic heterocycles. The minimum Gasteiger partial charge on any atom is -0.326 e. The number of hydrogen-bond acceptors (Lipinski definition) is 4. The molecule has 0 radical (unpaired) electrons. The maximum atomic E-state index is 6.05. The number of aromatic nitrogens is 2. The topological polar surface area (TPSA) is 63.8 Å². The van der Waals surface area contributed by atoms with Gasteiger partial charge in [-0.25, -0.2) is 9.97 Å². The fourth-order valence-corrected chi connectivity index (χ4v) is 2.28. The summed E-state index contributed by atoms with van der Waals surface area (Å²) >= 11 is 5.72. The Kier molecular flexibility index (Phi) is 4.09. The molecular formula is C11H17ClN4. The summed E-state index contributed by atoms with van der Waals surface area (Å²) in [6.45, 7) is 0.709. The molecule has 1 aliphatic carbocycles. The lowest BCUT2D eigenvalue weighted by Gasteiger charge is -2.29. The van der Waals surface area contributed by atoms with Gasteiger partial charge in [0.2, 0.25) is 5.28 Å². The third-order valence-corrected chi connectivity index (χ3v) is 3.23. The van der Waals surface area contributed by atoms with E-state index in [0.29, 0.717) is 17.9 Å². The van der Waals surface area contributed by atoms with E-state index in [4.69, 9.17) is 17.3 Å². The summed E-state index contributed by atoms with van der Waals surface area (Å²) in [6.07, 6.45) is 6.45. The van der Waals surface area contributed by atoms with E-state index in [2.05, 4.69) is 15.3 Å². The Morgan fingerprint density at radius 3 is 3.00 bits per heavy atom. The highest BCUT2D eigenvalue weighted by molar-refractivity contribution is 6.28. The summed E-state index contributed by atoms with van der Waals surface area (Å²) in [5.74, 6) is 0. The number of rotatable bonds is 3. The molecule has 16 heavy (non-hydrogen) atoms. The van der Waals surface area contributed by atoms with Crippen LogP contribution in [0.2, 0.25) is 5.28 Å². The van der Waals surface area contributed by atoms with Gasteiger partial charge in [0.1, 0.15) is 0 Å².